The fourth-order valence-electron chi connectivity index (χ4n) is 1.83. The number of halogens is 1. The minimum absolute atomic E-state index is 0.740. The Morgan fingerprint density at radius 3 is 2.94 bits per heavy atom. The molecule has 4 nitrogen and oxygen atoms in total. The number of nitrogens with zero attached hydrogens (tertiary/aromatic N) is 3. The number of aryl methyl sites for hydroxylation is 1. The summed E-state index contributed by atoms with van der Waals surface area (Å²) in [4.78, 5) is 8.73. The van der Waals surface area contributed by atoms with Crippen molar-refractivity contribution in [3.8, 4) is 0 Å². The second kappa shape index (κ2) is 4.42. The van der Waals surface area contributed by atoms with Crippen LogP contribution in [0.15, 0.2) is 47.5 Å². The Balaban J connectivity index is 2.10. The maximum Gasteiger partial charge on any atom is 0.180 e. The van der Waals surface area contributed by atoms with E-state index in [0.29, 0.717) is 0 Å². The molecule has 0 atom stereocenters. The molecule has 0 fully saturated rings. The Bertz CT molecular complexity index is 705. The van der Waals surface area contributed by atoms with Crippen LogP contribution in [0.3, 0.4) is 0 Å². The van der Waals surface area contributed by atoms with Gasteiger partial charge in [-0.3, -0.25) is 0 Å². The van der Waals surface area contributed by atoms with Crippen LogP contribution in [-0.2, 0) is 0 Å². The zero-order chi connectivity index (χ0) is 12.5. The maximum absolute atomic E-state index is 4.43. The highest BCUT2D eigenvalue weighted by Gasteiger charge is 2.07. The lowest BCUT2D eigenvalue weighted by Crippen LogP contribution is -1.99. The first kappa shape index (κ1) is 11.2. The minimum atomic E-state index is 0.740. The second-order valence-corrected chi connectivity index (χ2v) is 4.82. The third kappa shape index (κ3) is 1.97. The summed E-state index contributed by atoms with van der Waals surface area (Å²) in [7, 11) is 0. The standard InChI is InChI=1S/C13H11BrN4/c1-9-4-2-3-5-10(9)16-12-13-15-6-7-18(13)8-11(14)17-12/h2-8H,1H3,(H,16,17). The van der Waals surface area contributed by atoms with E-state index < -0.39 is 0 Å². The van der Waals surface area contributed by atoms with Crippen LogP contribution in [0.5, 0.6) is 0 Å². The fourth-order valence-corrected chi connectivity index (χ4v) is 2.22. The first-order valence-electron chi connectivity index (χ1n) is 5.56. The molecule has 0 saturated heterocycles. The number of anilines is 2. The van der Waals surface area contributed by atoms with Crippen molar-refractivity contribution in [3.63, 3.8) is 0 Å². The van der Waals surface area contributed by atoms with Gasteiger partial charge in [-0.25, -0.2) is 9.97 Å². The monoisotopic (exact) mass is 302 g/mol. The third-order valence-corrected chi connectivity index (χ3v) is 3.12. The molecule has 1 N–H and O–H groups in total. The van der Waals surface area contributed by atoms with Crippen molar-refractivity contribution in [3.05, 3.63) is 53.0 Å². The van der Waals surface area contributed by atoms with E-state index in [1.807, 2.05) is 35.0 Å². The summed E-state index contributed by atoms with van der Waals surface area (Å²) in [6.45, 7) is 2.06. The summed E-state index contributed by atoms with van der Waals surface area (Å²) >= 11 is 3.40. The molecule has 5 heteroatoms. The van der Waals surface area contributed by atoms with Crippen LogP contribution in [-0.4, -0.2) is 14.4 Å². The first-order chi connectivity index (χ1) is 8.74. The van der Waals surface area contributed by atoms with Crippen LogP contribution in [0.1, 0.15) is 5.56 Å². The third-order valence-electron chi connectivity index (χ3n) is 2.74. The molecule has 0 amide bonds. The lowest BCUT2D eigenvalue weighted by molar-refractivity contribution is 1.10. The summed E-state index contributed by atoms with van der Waals surface area (Å²) in [6, 6.07) is 8.09. The zero-order valence-corrected chi connectivity index (χ0v) is 11.3. The molecule has 3 aromatic rings. The van der Waals surface area contributed by atoms with Gasteiger partial charge in [0.2, 0.25) is 0 Å². The summed E-state index contributed by atoms with van der Waals surface area (Å²) in [5.74, 6) is 0.740. The molecular formula is C13H11BrN4. The highest BCUT2D eigenvalue weighted by atomic mass is 79.9. The van der Waals surface area contributed by atoms with E-state index in [2.05, 4.69) is 44.2 Å². The molecule has 0 unspecified atom stereocenters. The van der Waals surface area contributed by atoms with Crippen LogP contribution in [0, 0.1) is 6.92 Å². The van der Waals surface area contributed by atoms with Crippen LogP contribution in [0.2, 0.25) is 0 Å². The van der Waals surface area contributed by atoms with E-state index in [4.69, 9.17) is 0 Å². The number of hydrogen-bond acceptors (Lipinski definition) is 3. The van der Waals surface area contributed by atoms with Crippen molar-refractivity contribution in [1.29, 1.82) is 0 Å². The molecule has 18 heavy (non-hydrogen) atoms. The van der Waals surface area contributed by atoms with Gasteiger partial charge in [-0.1, -0.05) is 18.2 Å². The van der Waals surface area contributed by atoms with Gasteiger partial charge < -0.3 is 9.72 Å². The predicted molar refractivity (Wildman–Crippen MR) is 75.1 cm³/mol. The maximum atomic E-state index is 4.43. The Labute approximate surface area is 113 Å². The summed E-state index contributed by atoms with van der Waals surface area (Å²) in [5.41, 5.74) is 3.01. The molecule has 0 spiro atoms. The molecule has 3 rings (SSSR count). The van der Waals surface area contributed by atoms with Gasteiger partial charge in [0, 0.05) is 24.3 Å². The molecule has 2 aromatic heterocycles. The number of fused-ring (bicyclic) bond motifs is 1. The average molecular weight is 303 g/mol. The van der Waals surface area contributed by atoms with Gasteiger partial charge in [-0.2, -0.15) is 0 Å². The van der Waals surface area contributed by atoms with Crippen LogP contribution in [0.25, 0.3) is 5.65 Å². The largest absolute Gasteiger partial charge is 0.337 e. The van der Waals surface area contributed by atoms with Crippen molar-refractivity contribution < 1.29 is 0 Å². The van der Waals surface area contributed by atoms with Gasteiger partial charge in [-0.05, 0) is 34.5 Å². The smallest absolute Gasteiger partial charge is 0.180 e. The Morgan fingerprint density at radius 2 is 2.11 bits per heavy atom. The van der Waals surface area contributed by atoms with Gasteiger partial charge in [0.25, 0.3) is 0 Å². The number of rotatable bonds is 2. The van der Waals surface area contributed by atoms with E-state index >= 15 is 0 Å². The predicted octanol–water partition coefficient (Wildman–Crippen LogP) is 3.54. The van der Waals surface area contributed by atoms with E-state index in [1.54, 1.807) is 6.20 Å². The topological polar surface area (TPSA) is 42.2 Å². The Kier molecular flexibility index (Phi) is 2.76. The lowest BCUT2D eigenvalue weighted by Gasteiger charge is -2.09. The summed E-state index contributed by atoms with van der Waals surface area (Å²) in [6.07, 6.45) is 5.53. The fraction of sp³-hybridized carbons (Fsp3) is 0.0769. The van der Waals surface area contributed by atoms with Gasteiger partial charge in [0.15, 0.2) is 11.5 Å². The van der Waals surface area contributed by atoms with Gasteiger partial charge in [0.05, 0.1) is 0 Å². The van der Waals surface area contributed by atoms with Crippen LogP contribution in [0.4, 0.5) is 11.5 Å². The molecule has 1 aromatic carbocycles. The normalized spacial score (nSPS) is 10.8. The lowest BCUT2D eigenvalue weighted by atomic mass is 10.2. The minimum Gasteiger partial charge on any atom is -0.337 e. The molecule has 0 aliphatic carbocycles. The zero-order valence-electron chi connectivity index (χ0n) is 9.76. The number of imidazole rings is 1. The SMILES string of the molecule is Cc1ccccc1Nc1nc(Br)cn2ccnc12. The number of hydrogen-bond donors (Lipinski definition) is 1. The molecule has 0 aliphatic rings. The van der Waals surface area contributed by atoms with E-state index in [1.165, 1.54) is 5.56 Å². The number of nitrogens with one attached hydrogen (secondary N) is 1. The van der Waals surface area contributed by atoms with E-state index in [9.17, 15) is 0 Å². The average Bonchev–Trinajstić information content (AvgIpc) is 2.80. The Morgan fingerprint density at radius 1 is 1.28 bits per heavy atom. The van der Waals surface area contributed by atoms with Crippen molar-refractivity contribution in [2.45, 2.75) is 6.92 Å². The van der Waals surface area contributed by atoms with Gasteiger partial charge >= 0.3 is 0 Å². The van der Waals surface area contributed by atoms with Crippen LogP contribution >= 0.6 is 15.9 Å². The Hall–Kier alpha value is -1.88. The van der Waals surface area contributed by atoms with Crippen molar-refractivity contribution >= 4 is 33.1 Å². The molecular weight excluding hydrogens is 292 g/mol. The molecule has 0 bridgehead atoms. The van der Waals surface area contributed by atoms with Crippen molar-refractivity contribution in [2.24, 2.45) is 0 Å². The quantitative estimate of drug-likeness (QED) is 0.787. The number of para-hydroxylation sites is 1. The number of benzene rings is 1. The molecule has 2 heterocycles. The van der Waals surface area contributed by atoms with Gasteiger partial charge in [0.1, 0.15) is 4.60 Å². The molecule has 0 radical (unpaired) electrons. The molecule has 90 valence electrons. The van der Waals surface area contributed by atoms with E-state index in [-0.39, 0.29) is 0 Å². The highest BCUT2D eigenvalue weighted by molar-refractivity contribution is 9.10. The number of aromatic nitrogens is 3. The van der Waals surface area contributed by atoms with Gasteiger partial charge in [-0.15, -0.1) is 0 Å². The van der Waals surface area contributed by atoms with Crippen molar-refractivity contribution in [2.75, 3.05) is 5.32 Å². The second-order valence-electron chi connectivity index (χ2n) is 4.01. The van der Waals surface area contributed by atoms with Crippen LogP contribution < -0.4 is 5.32 Å². The molecule has 0 saturated carbocycles. The highest BCUT2D eigenvalue weighted by Crippen LogP contribution is 2.23. The summed E-state index contributed by atoms with van der Waals surface area (Å²) < 4.78 is 2.70. The summed E-state index contributed by atoms with van der Waals surface area (Å²) in [5, 5.41) is 3.32. The van der Waals surface area contributed by atoms with Crippen molar-refractivity contribution in [1.82, 2.24) is 14.4 Å². The van der Waals surface area contributed by atoms with E-state index in [0.717, 1.165) is 21.8 Å². The molecule has 0 aliphatic heterocycles. The first-order valence-corrected chi connectivity index (χ1v) is 6.35.